The van der Waals surface area contributed by atoms with Crippen molar-refractivity contribution in [3.8, 4) is 0 Å². The highest BCUT2D eigenvalue weighted by Gasteiger charge is 2.42. The van der Waals surface area contributed by atoms with E-state index in [4.69, 9.17) is 0 Å². The molecule has 0 atom stereocenters. The zero-order chi connectivity index (χ0) is 18.1. The standard InChI is InChI=1S/C18H21FN4O2S/c19-15-5-1-2-6-16(15)23-18-8-4-3-7-17(18)22(26(23,24)25)14-13-21-11-9-20-10-12-21/h1-8,20H,9-14H2. The highest BCUT2D eigenvalue weighted by Crippen LogP contribution is 2.45. The van der Waals surface area contributed by atoms with Crippen molar-refractivity contribution in [1.82, 2.24) is 10.2 Å². The Bertz CT molecular complexity index is 900. The quantitative estimate of drug-likeness (QED) is 0.886. The van der Waals surface area contributed by atoms with Crippen LogP contribution in [0.3, 0.4) is 0 Å². The molecule has 138 valence electrons. The monoisotopic (exact) mass is 376 g/mol. The van der Waals surface area contributed by atoms with Crippen molar-refractivity contribution >= 4 is 27.3 Å². The van der Waals surface area contributed by atoms with Crippen LogP contribution in [-0.4, -0.2) is 52.6 Å². The third kappa shape index (κ3) is 2.94. The third-order valence-corrected chi connectivity index (χ3v) is 6.57. The largest absolute Gasteiger partial charge is 0.331 e. The minimum atomic E-state index is -3.88. The minimum Gasteiger partial charge on any atom is -0.314 e. The summed E-state index contributed by atoms with van der Waals surface area (Å²) in [6, 6.07) is 13.0. The number of rotatable bonds is 4. The summed E-state index contributed by atoms with van der Waals surface area (Å²) in [4.78, 5) is 2.24. The van der Waals surface area contributed by atoms with E-state index in [1.54, 1.807) is 36.4 Å². The fourth-order valence-corrected chi connectivity index (χ4v) is 5.18. The van der Waals surface area contributed by atoms with Gasteiger partial charge in [-0.2, -0.15) is 8.42 Å². The van der Waals surface area contributed by atoms with Gasteiger partial charge in [0, 0.05) is 39.3 Å². The lowest BCUT2D eigenvalue weighted by Gasteiger charge is -2.29. The molecule has 2 heterocycles. The van der Waals surface area contributed by atoms with Gasteiger partial charge in [0.1, 0.15) is 5.82 Å². The minimum absolute atomic E-state index is 0.0459. The number of piperazine rings is 1. The van der Waals surface area contributed by atoms with Gasteiger partial charge in [-0.1, -0.05) is 24.3 Å². The second-order valence-corrected chi connectivity index (χ2v) is 8.08. The first-order chi connectivity index (χ1) is 12.6. The summed E-state index contributed by atoms with van der Waals surface area (Å²) in [5.74, 6) is -0.560. The van der Waals surface area contributed by atoms with Gasteiger partial charge in [0.25, 0.3) is 0 Å². The highest BCUT2D eigenvalue weighted by molar-refractivity contribution is 7.95. The Hall–Kier alpha value is -2.16. The molecule has 0 saturated carbocycles. The molecule has 4 rings (SSSR count). The predicted molar refractivity (Wildman–Crippen MR) is 101 cm³/mol. The zero-order valence-electron chi connectivity index (χ0n) is 14.3. The van der Waals surface area contributed by atoms with Gasteiger partial charge in [-0.15, -0.1) is 0 Å². The van der Waals surface area contributed by atoms with Crippen LogP contribution in [0.1, 0.15) is 0 Å². The van der Waals surface area contributed by atoms with E-state index in [1.807, 2.05) is 0 Å². The van der Waals surface area contributed by atoms with E-state index >= 15 is 0 Å². The van der Waals surface area contributed by atoms with E-state index in [0.717, 1.165) is 30.5 Å². The Balaban J connectivity index is 1.68. The Morgan fingerprint density at radius 2 is 1.50 bits per heavy atom. The third-order valence-electron chi connectivity index (χ3n) is 4.78. The average Bonchev–Trinajstić information content (AvgIpc) is 2.87. The van der Waals surface area contributed by atoms with Crippen molar-refractivity contribution in [3.05, 3.63) is 54.3 Å². The molecule has 1 saturated heterocycles. The van der Waals surface area contributed by atoms with Crippen molar-refractivity contribution in [2.24, 2.45) is 0 Å². The van der Waals surface area contributed by atoms with Crippen LogP contribution in [0.15, 0.2) is 48.5 Å². The van der Waals surface area contributed by atoms with Gasteiger partial charge in [0.15, 0.2) is 0 Å². The van der Waals surface area contributed by atoms with Crippen LogP contribution in [0.4, 0.5) is 21.5 Å². The molecule has 0 spiro atoms. The summed E-state index contributed by atoms with van der Waals surface area (Å²) >= 11 is 0. The Morgan fingerprint density at radius 1 is 0.885 bits per heavy atom. The van der Waals surface area contributed by atoms with Crippen LogP contribution in [0.5, 0.6) is 0 Å². The smallest absolute Gasteiger partial charge is 0.314 e. The van der Waals surface area contributed by atoms with Gasteiger partial charge in [-0.05, 0) is 24.3 Å². The normalized spacial score (nSPS) is 19.6. The molecule has 0 aliphatic carbocycles. The lowest BCUT2D eigenvalue weighted by molar-refractivity contribution is 0.248. The predicted octanol–water partition coefficient (Wildman–Crippen LogP) is 1.93. The lowest BCUT2D eigenvalue weighted by atomic mass is 10.2. The summed E-state index contributed by atoms with van der Waals surface area (Å²) in [7, 11) is -3.88. The molecule has 1 fully saturated rings. The molecule has 2 aromatic rings. The number of benzene rings is 2. The van der Waals surface area contributed by atoms with E-state index in [-0.39, 0.29) is 5.69 Å². The maximum absolute atomic E-state index is 14.3. The van der Waals surface area contributed by atoms with Crippen LogP contribution < -0.4 is 13.9 Å². The number of hydrogen-bond acceptors (Lipinski definition) is 4. The molecular formula is C18H21FN4O2S. The van der Waals surface area contributed by atoms with Crippen molar-refractivity contribution in [2.75, 3.05) is 47.9 Å². The maximum Gasteiger partial charge on any atom is 0.331 e. The Labute approximate surface area is 153 Å². The van der Waals surface area contributed by atoms with Gasteiger partial charge in [-0.25, -0.2) is 13.0 Å². The summed E-state index contributed by atoms with van der Waals surface area (Å²) in [5.41, 5.74) is 1.12. The van der Waals surface area contributed by atoms with Crippen molar-refractivity contribution in [2.45, 2.75) is 0 Å². The zero-order valence-corrected chi connectivity index (χ0v) is 15.1. The molecule has 0 amide bonds. The van der Waals surface area contributed by atoms with Crippen LogP contribution in [0.25, 0.3) is 0 Å². The number of halogens is 1. The summed E-state index contributed by atoms with van der Waals surface area (Å²) in [5, 5.41) is 3.29. The molecule has 0 radical (unpaired) electrons. The van der Waals surface area contributed by atoms with E-state index in [9.17, 15) is 12.8 Å². The van der Waals surface area contributed by atoms with E-state index < -0.39 is 16.0 Å². The molecule has 0 aromatic heterocycles. The van der Waals surface area contributed by atoms with Gasteiger partial charge < -0.3 is 5.32 Å². The van der Waals surface area contributed by atoms with Gasteiger partial charge in [0.05, 0.1) is 17.1 Å². The van der Waals surface area contributed by atoms with Gasteiger partial charge in [-0.3, -0.25) is 4.90 Å². The van der Waals surface area contributed by atoms with E-state index in [2.05, 4.69) is 10.2 Å². The van der Waals surface area contributed by atoms with Crippen molar-refractivity contribution in [1.29, 1.82) is 0 Å². The number of hydrogen-bond donors (Lipinski definition) is 1. The SMILES string of the molecule is O=S1(=O)N(CCN2CCNCC2)c2ccccc2N1c1ccccc1F. The highest BCUT2D eigenvalue weighted by atomic mass is 32.2. The first-order valence-corrected chi connectivity index (χ1v) is 10.1. The summed E-state index contributed by atoms with van der Waals surface area (Å²) < 4.78 is 43.3. The first kappa shape index (κ1) is 17.3. The lowest BCUT2D eigenvalue weighted by Crippen LogP contribution is -2.47. The number of para-hydroxylation sites is 3. The topological polar surface area (TPSA) is 55.9 Å². The second-order valence-electron chi connectivity index (χ2n) is 6.38. The molecule has 1 N–H and O–H groups in total. The molecule has 2 aromatic carbocycles. The number of fused-ring (bicyclic) bond motifs is 1. The molecule has 6 nitrogen and oxygen atoms in total. The molecular weight excluding hydrogens is 355 g/mol. The van der Waals surface area contributed by atoms with Crippen molar-refractivity contribution in [3.63, 3.8) is 0 Å². The fourth-order valence-electron chi connectivity index (χ4n) is 3.47. The molecule has 8 heteroatoms. The van der Waals surface area contributed by atoms with E-state index in [1.165, 1.54) is 16.4 Å². The second kappa shape index (κ2) is 6.86. The summed E-state index contributed by atoms with van der Waals surface area (Å²) in [6.45, 7) is 4.58. The molecule has 26 heavy (non-hydrogen) atoms. The van der Waals surface area contributed by atoms with Crippen LogP contribution in [0, 0.1) is 5.82 Å². The number of nitrogens with one attached hydrogen (secondary N) is 1. The first-order valence-electron chi connectivity index (χ1n) is 8.69. The fraction of sp³-hybridized carbons (Fsp3) is 0.333. The van der Waals surface area contributed by atoms with E-state index in [0.29, 0.717) is 24.5 Å². The molecule has 0 bridgehead atoms. The number of anilines is 3. The molecule has 2 aliphatic heterocycles. The number of nitrogens with zero attached hydrogens (tertiary/aromatic N) is 3. The molecule has 2 aliphatic rings. The van der Waals surface area contributed by atoms with Crippen LogP contribution >= 0.6 is 0 Å². The molecule has 0 unspecified atom stereocenters. The van der Waals surface area contributed by atoms with Crippen LogP contribution in [0.2, 0.25) is 0 Å². The van der Waals surface area contributed by atoms with Crippen molar-refractivity contribution < 1.29 is 12.8 Å². The van der Waals surface area contributed by atoms with Gasteiger partial charge >= 0.3 is 10.2 Å². The summed E-state index contributed by atoms with van der Waals surface area (Å²) in [6.07, 6.45) is 0. The van der Waals surface area contributed by atoms with Gasteiger partial charge in [0.2, 0.25) is 0 Å². The maximum atomic E-state index is 14.3. The van der Waals surface area contributed by atoms with Crippen LogP contribution in [-0.2, 0) is 10.2 Å². The Morgan fingerprint density at radius 3 is 2.19 bits per heavy atom. The Kier molecular flexibility index (Phi) is 4.56. The average molecular weight is 376 g/mol.